The number of nitrogens with one attached hydrogen (secondary N) is 2. The summed E-state index contributed by atoms with van der Waals surface area (Å²) in [6.07, 6.45) is 1.50. The van der Waals surface area contributed by atoms with Gasteiger partial charge in [0.05, 0.1) is 4.90 Å². The standard InChI is InChI=1S/C17H14FN3O3S2/c18-14-5-1-12(2-6-14)11-20-16(22)13-3-7-15(8-4-13)26(23,24)21-17-19-9-10-25-17/h1-10H,11H2,(H,19,21)(H,20,22). The average molecular weight is 391 g/mol. The molecule has 0 aliphatic carbocycles. The Hall–Kier alpha value is -2.78. The Kier molecular flexibility index (Phi) is 5.29. The molecule has 2 N–H and O–H groups in total. The van der Waals surface area contributed by atoms with E-state index in [4.69, 9.17) is 0 Å². The molecule has 0 spiro atoms. The minimum atomic E-state index is -3.75. The molecule has 0 aliphatic rings. The third-order valence-corrected chi connectivity index (χ3v) is 5.62. The van der Waals surface area contributed by atoms with Crippen molar-refractivity contribution >= 4 is 32.4 Å². The summed E-state index contributed by atoms with van der Waals surface area (Å²) in [5.41, 5.74) is 1.08. The number of amides is 1. The van der Waals surface area contributed by atoms with E-state index in [-0.39, 0.29) is 28.3 Å². The van der Waals surface area contributed by atoms with Gasteiger partial charge in [-0.2, -0.15) is 0 Å². The van der Waals surface area contributed by atoms with Crippen LogP contribution in [0.4, 0.5) is 9.52 Å². The first kappa shape index (κ1) is 18.0. The van der Waals surface area contributed by atoms with E-state index >= 15 is 0 Å². The Bertz CT molecular complexity index is 987. The maximum absolute atomic E-state index is 12.9. The number of halogens is 1. The lowest BCUT2D eigenvalue weighted by Gasteiger charge is -2.08. The molecule has 0 atom stereocenters. The second kappa shape index (κ2) is 7.63. The van der Waals surface area contributed by atoms with Crippen LogP contribution in [0.5, 0.6) is 0 Å². The maximum atomic E-state index is 12.9. The van der Waals surface area contributed by atoms with Gasteiger partial charge in [-0.25, -0.2) is 17.8 Å². The van der Waals surface area contributed by atoms with Crippen molar-refractivity contribution in [1.82, 2.24) is 10.3 Å². The molecule has 3 rings (SSSR count). The van der Waals surface area contributed by atoms with Crippen LogP contribution in [-0.2, 0) is 16.6 Å². The van der Waals surface area contributed by atoms with Gasteiger partial charge in [0.1, 0.15) is 5.82 Å². The first-order chi connectivity index (χ1) is 12.4. The number of hydrogen-bond acceptors (Lipinski definition) is 5. The van der Waals surface area contributed by atoms with Gasteiger partial charge in [0, 0.05) is 23.7 Å². The molecule has 2 aromatic carbocycles. The topological polar surface area (TPSA) is 88.2 Å². The van der Waals surface area contributed by atoms with E-state index in [1.165, 1.54) is 53.9 Å². The molecule has 0 radical (unpaired) electrons. The third-order valence-electron chi connectivity index (χ3n) is 3.45. The molecule has 0 saturated heterocycles. The number of sulfonamides is 1. The van der Waals surface area contributed by atoms with Crippen molar-refractivity contribution in [3.63, 3.8) is 0 Å². The first-order valence-electron chi connectivity index (χ1n) is 7.49. The summed E-state index contributed by atoms with van der Waals surface area (Å²) in [5.74, 6) is -0.700. The lowest BCUT2D eigenvalue weighted by molar-refractivity contribution is 0.0951. The molecule has 134 valence electrons. The fourth-order valence-electron chi connectivity index (χ4n) is 2.12. The zero-order chi connectivity index (χ0) is 18.6. The summed E-state index contributed by atoms with van der Waals surface area (Å²) in [5, 5.41) is 4.62. The predicted octanol–water partition coefficient (Wildman–Crippen LogP) is 3.01. The molecular weight excluding hydrogens is 377 g/mol. The quantitative estimate of drug-likeness (QED) is 0.676. The van der Waals surface area contributed by atoms with Crippen LogP contribution in [0.15, 0.2) is 65.0 Å². The Morgan fingerprint density at radius 1 is 1.08 bits per heavy atom. The fourth-order valence-corrected chi connectivity index (χ4v) is 3.91. The molecule has 6 nitrogen and oxygen atoms in total. The number of carbonyl (C=O) groups is 1. The van der Waals surface area contributed by atoms with Crippen LogP contribution in [0.2, 0.25) is 0 Å². The van der Waals surface area contributed by atoms with E-state index in [9.17, 15) is 17.6 Å². The minimum absolute atomic E-state index is 0.0304. The molecule has 9 heteroatoms. The van der Waals surface area contributed by atoms with Gasteiger partial charge >= 0.3 is 0 Å². The zero-order valence-corrected chi connectivity index (χ0v) is 15.0. The predicted molar refractivity (Wildman–Crippen MR) is 96.9 cm³/mol. The SMILES string of the molecule is O=C(NCc1ccc(F)cc1)c1ccc(S(=O)(=O)Nc2nccs2)cc1. The van der Waals surface area contributed by atoms with Gasteiger partial charge in [-0.15, -0.1) is 11.3 Å². The fraction of sp³-hybridized carbons (Fsp3) is 0.0588. The number of thiazole rings is 1. The number of aromatic nitrogens is 1. The first-order valence-corrected chi connectivity index (χ1v) is 9.85. The van der Waals surface area contributed by atoms with Gasteiger partial charge in [0.15, 0.2) is 5.13 Å². The average Bonchev–Trinajstić information content (AvgIpc) is 3.13. The highest BCUT2D eigenvalue weighted by molar-refractivity contribution is 7.93. The van der Waals surface area contributed by atoms with Gasteiger partial charge in [0.25, 0.3) is 15.9 Å². The monoisotopic (exact) mass is 391 g/mol. The van der Waals surface area contributed by atoms with E-state index in [2.05, 4.69) is 15.0 Å². The molecular formula is C17H14FN3O3S2. The number of rotatable bonds is 6. The van der Waals surface area contributed by atoms with E-state index in [0.717, 1.165) is 5.56 Å². The zero-order valence-electron chi connectivity index (χ0n) is 13.3. The Balaban J connectivity index is 1.64. The highest BCUT2D eigenvalue weighted by Crippen LogP contribution is 2.18. The molecule has 26 heavy (non-hydrogen) atoms. The van der Waals surface area contributed by atoms with Gasteiger partial charge in [-0.1, -0.05) is 12.1 Å². The summed E-state index contributed by atoms with van der Waals surface area (Å²) < 4.78 is 39.7. The van der Waals surface area contributed by atoms with Crippen LogP contribution in [0, 0.1) is 5.82 Å². The van der Waals surface area contributed by atoms with Crippen LogP contribution >= 0.6 is 11.3 Å². The highest BCUT2D eigenvalue weighted by Gasteiger charge is 2.16. The van der Waals surface area contributed by atoms with E-state index < -0.39 is 10.0 Å². The summed E-state index contributed by atoms with van der Waals surface area (Å²) in [4.78, 5) is 16.0. The molecule has 0 saturated carbocycles. The molecule has 1 amide bonds. The van der Waals surface area contributed by atoms with Gasteiger partial charge in [0.2, 0.25) is 0 Å². The van der Waals surface area contributed by atoms with Crippen LogP contribution < -0.4 is 10.0 Å². The van der Waals surface area contributed by atoms with Crippen molar-refractivity contribution in [2.45, 2.75) is 11.4 Å². The lowest BCUT2D eigenvalue weighted by atomic mass is 10.2. The van der Waals surface area contributed by atoms with E-state index in [1.807, 2.05) is 0 Å². The van der Waals surface area contributed by atoms with Crippen molar-refractivity contribution in [2.24, 2.45) is 0 Å². The summed E-state index contributed by atoms with van der Waals surface area (Å²) in [6.45, 7) is 0.241. The van der Waals surface area contributed by atoms with Crippen LogP contribution in [0.25, 0.3) is 0 Å². The largest absolute Gasteiger partial charge is 0.348 e. The molecule has 3 aromatic rings. The summed E-state index contributed by atoms with van der Waals surface area (Å²) in [7, 11) is -3.75. The number of hydrogen-bond donors (Lipinski definition) is 2. The highest BCUT2D eigenvalue weighted by atomic mass is 32.2. The van der Waals surface area contributed by atoms with Crippen LogP contribution in [0.3, 0.4) is 0 Å². The van der Waals surface area contributed by atoms with Crippen molar-refractivity contribution in [1.29, 1.82) is 0 Å². The van der Waals surface area contributed by atoms with E-state index in [1.54, 1.807) is 17.5 Å². The molecule has 0 aliphatic heterocycles. The second-order valence-corrected chi connectivity index (χ2v) is 7.85. The van der Waals surface area contributed by atoms with Gasteiger partial charge < -0.3 is 5.32 Å². The van der Waals surface area contributed by atoms with E-state index in [0.29, 0.717) is 5.56 Å². The van der Waals surface area contributed by atoms with Crippen molar-refractivity contribution in [3.8, 4) is 0 Å². The Labute approximate surface area is 153 Å². The summed E-state index contributed by atoms with van der Waals surface area (Å²) in [6, 6.07) is 11.3. The number of nitrogens with zero attached hydrogens (tertiary/aromatic N) is 1. The maximum Gasteiger partial charge on any atom is 0.263 e. The van der Waals surface area contributed by atoms with Crippen LogP contribution in [0.1, 0.15) is 15.9 Å². The van der Waals surface area contributed by atoms with Gasteiger partial charge in [-0.3, -0.25) is 9.52 Å². The molecule has 0 bridgehead atoms. The molecule has 1 heterocycles. The van der Waals surface area contributed by atoms with Crippen molar-refractivity contribution < 1.29 is 17.6 Å². The lowest BCUT2D eigenvalue weighted by Crippen LogP contribution is -2.23. The third kappa shape index (κ3) is 4.44. The Morgan fingerprint density at radius 3 is 2.38 bits per heavy atom. The van der Waals surface area contributed by atoms with Crippen LogP contribution in [-0.4, -0.2) is 19.3 Å². The van der Waals surface area contributed by atoms with Crippen molar-refractivity contribution in [3.05, 3.63) is 77.1 Å². The normalized spacial score (nSPS) is 11.1. The number of anilines is 1. The van der Waals surface area contributed by atoms with Gasteiger partial charge in [-0.05, 0) is 42.0 Å². The smallest absolute Gasteiger partial charge is 0.263 e. The number of carbonyl (C=O) groups excluding carboxylic acids is 1. The Morgan fingerprint density at radius 2 is 1.77 bits per heavy atom. The summed E-state index contributed by atoms with van der Waals surface area (Å²) >= 11 is 1.17. The number of benzene rings is 2. The molecule has 1 aromatic heterocycles. The minimum Gasteiger partial charge on any atom is -0.348 e. The molecule has 0 unspecified atom stereocenters. The van der Waals surface area contributed by atoms with Crippen molar-refractivity contribution in [2.75, 3.05) is 4.72 Å². The molecule has 0 fully saturated rings. The second-order valence-electron chi connectivity index (χ2n) is 5.28.